The number of ether oxygens (including phenoxy) is 1. The Labute approximate surface area is 112 Å². The molecule has 2 aromatic rings. The maximum Gasteiger partial charge on any atom is 0.140 e. The highest BCUT2D eigenvalue weighted by atomic mass is 16.5. The Morgan fingerprint density at radius 1 is 1.53 bits per heavy atom. The summed E-state index contributed by atoms with van der Waals surface area (Å²) in [5, 5.41) is 10.4. The van der Waals surface area contributed by atoms with Crippen LogP contribution in [0, 0.1) is 0 Å². The summed E-state index contributed by atoms with van der Waals surface area (Å²) in [6.07, 6.45) is 3.95. The molecule has 0 bridgehead atoms. The predicted molar refractivity (Wildman–Crippen MR) is 72.9 cm³/mol. The average molecular weight is 261 g/mol. The van der Waals surface area contributed by atoms with Crippen LogP contribution in [0.3, 0.4) is 0 Å². The predicted octanol–water partition coefficient (Wildman–Crippen LogP) is 0.859. The summed E-state index contributed by atoms with van der Waals surface area (Å²) < 4.78 is 7.88. The van der Waals surface area contributed by atoms with Gasteiger partial charge in [0.15, 0.2) is 0 Å². The molecule has 0 amide bonds. The van der Waals surface area contributed by atoms with E-state index in [9.17, 15) is 5.11 Å². The minimum absolute atomic E-state index is 0.0423. The molecule has 0 radical (unpaired) electrons. The van der Waals surface area contributed by atoms with Gasteiger partial charge in [-0.2, -0.15) is 0 Å². The van der Waals surface area contributed by atoms with Gasteiger partial charge in [-0.25, -0.2) is 4.98 Å². The van der Waals surface area contributed by atoms with Crippen LogP contribution in [0.15, 0.2) is 24.5 Å². The van der Waals surface area contributed by atoms with E-state index in [1.54, 1.807) is 6.20 Å². The molecule has 1 aliphatic heterocycles. The summed E-state index contributed by atoms with van der Waals surface area (Å²) in [5.41, 5.74) is 1.84. The molecule has 19 heavy (non-hydrogen) atoms. The molecular formula is C14H19N3O2. The number of fused-ring (bicyclic) bond motifs is 1. The summed E-state index contributed by atoms with van der Waals surface area (Å²) in [5.74, 6) is 0. The second-order valence-corrected chi connectivity index (χ2v) is 5.09. The highest BCUT2D eigenvalue weighted by molar-refractivity contribution is 5.80. The zero-order valence-electron chi connectivity index (χ0n) is 11.1. The van der Waals surface area contributed by atoms with E-state index in [4.69, 9.17) is 4.74 Å². The second-order valence-electron chi connectivity index (χ2n) is 5.09. The van der Waals surface area contributed by atoms with Gasteiger partial charge in [0.25, 0.3) is 0 Å². The third-order valence-corrected chi connectivity index (χ3v) is 3.63. The van der Waals surface area contributed by atoms with Crippen molar-refractivity contribution in [3.05, 3.63) is 30.1 Å². The lowest BCUT2D eigenvalue weighted by molar-refractivity contribution is -0.0269. The van der Waals surface area contributed by atoms with Crippen molar-refractivity contribution in [1.82, 2.24) is 14.5 Å². The summed E-state index contributed by atoms with van der Waals surface area (Å²) in [6, 6.07) is 3.90. The standard InChI is InChI=1S/C14H19N3O2/c1-16-5-6-19-12(8-16)9-17-7-11(10-18)13-3-2-4-15-14(13)17/h2-4,7,12,18H,5-6,8-10H2,1H3. The Hall–Kier alpha value is -1.43. The normalized spacial score (nSPS) is 21.1. The van der Waals surface area contributed by atoms with E-state index in [2.05, 4.69) is 21.5 Å². The Morgan fingerprint density at radius 3 is 3.21 bits per heavy atom. The van der Waals surface area contributed by atoms with E-state index in [0.29, 0.717) is 0 Å². The lowest BCUT2D eigenvalue weighted by Crippen LogP contribution is -2.41. The van der Waals surface area contributed by atoms with Gasteiger partial charge in [0.05, 0.1) is 25.9 Å². The van der Waals surface area contributed by atoms with Crippen LogP contribution < -0.4 is 0 Å². The molecule has 0 saturated carbocycles. The topological polar surface area (TPSA) is 50.5 Å². The van der Waals surface area contributed by atoms with Crippen molar-refractivity contribution in [3.63, 3.8) is 0 Å². The average Bonchev–Trinajstić information content (AvgIpc) is 2.77. The molecule has 1 fully saturated rings. The number of pyridine rings is 1. The maximum atomic E-state index is 9.42. The van der Waals surface area contributed by atoms with Crippen LogP contribution in [0.5, 0.6) is 0 Å². The number of rotatable bonds is 3. The van der Waals surface area contributed by atoms with Crippen LogP contribution in [0.1, 0.15) is 5.56 Å². The molecule has 1 atom stereocenters. The van der Waals surface area contributed by atoms with Gasteiger partial charge in [-0.05, 0) is 19.2 Å². The quantitative estimate of drug-likeness (QED) is 0.890. The van der Waals surface area contributed by atoms with Crippen molar-refractivity contribution < 1.29 is 9.84 Å². The van der Waals surface area contributed by atoms with E-state index in [-0.39, 0.29) is 12.7 Å². The first kappa shape index (κ1) is 12.6. The van der Waals surface area contributed by atoms with E-state index in [1.807, 2.05) is 18.3 Å². The zero-order valence-corrected chi connectivity index (χ0v) is 11.1. The van der Waals surface area contributed by atoms with Gasteiger partial charge in [-0.15, -0.1) is 0 Å². The lowest BCUT2D eigenvalue weighted by Gasteiger charge is -2.30. The zero-order chi connectivity index (χ0) is 13.2. The lowest BCUT2D eigenvalue weighted by atomic mass is 10.2. The molecule has 1 aliphatic rings. The minimum atomic E-state index is 0.0423. The van der Waals surface area contributed by atoms with Crippen LogP contribution in [0.4, 0.5) is 0 Å². The van der Waals surface area contributed by atoms with Crippen molar-refractivity contribution in [3.8, 4) is 0 Å². The Bertz CT molecular complexity index is 567. The number of aromatic nitrogens is 2. The fourth-order valence-electron chi connectivity index (χ4n) is 2.66. The van der Waals surface area contributed by atoms with Gasteiger partial charge in [-0.3, -0.25) is 0 Å². The molecule has 1 N–H and O–H groups in total. The summed E-state index contributed by atoms with van der Waals surface area (Å²) >= 11 is 0. The molecule has 0 aromatic carbocycles. The molecule has 3 heterocycles. The first-order valence-corrected chi connectivity index (χ1v) is 6.61. The van der Waals surface area contributed by atoms with Crippen molar-refractivity contribution in [2.24, 2.45) is 0 Å². The van der Waals surface area contributed by atoms with E-state index in [0.717, 1.165) is 42.8 Å². The van der Waals surface area contributed by atoms with Crippen molar-refractivity contribution in [1.29, 1.82) is 0 Å². The number of aliphatic hydroxyl groups is 1. The van der Waals surface area contributed by atoms with Gasteiger partial charge < -0.3 is 19.3 Å². The van der Waals surface area contributed by atoms with Crippen molar-refractivity contribution in [2.45, 2.75) is 19.3 Å². The Balaban J connectivity index is 1.88. The molecule has 1 saturated heterocycles. The number of nitrogens with zero attached hydrogens (tertiary/aromatic N) is 3. The monoisotopic (exact) mass is 261 g/mol. The summed E-state index contributed by atoms with van der Waals surface area (Å²) in [6.45, 7) is 3.52. The van der Waals surface area contributed by atoms with Gasteiger partial charge >= 0.3 is 0 Å². The SMILES string of the molecule is CN1CCOC(Cn2cc(CO)c3cccnc32)C1. The van der Waals surface area contributed by atoms with Crippen LogP contribution in [0.25, 0.3) is 11.0 Å². The Morgan fingerprint density at radius 2 is 2.42 bits per heavy atom. The molecule has 5 heteroatoms. The number of aliphatic hydroxyl groups excluding tert-OH is 1. The third-order valence-electron chi connectivity index (χ3n) is 3.63. The fraction of sp³-hybridized carbons (Fsp3) is 0.500. The smallest absolute Gasteiger partial charge is 0.140 e. The van der Waals surface area contributed by atoms with E-state index >= 15 is 0 Å². The summed E-state index contributed by atoms with van der Waals surface area (Å²) in [4.78, 5) is 6.69. The second kappa shape index (κ2) is 5.28. The van der Waals surface area contributed by atoms with E-state index < -0.39 is 0 Å². The molecule has 1 unspecified atom stereocenters. The first-order valence-electron chi connectivity index (χ1n) is 6.61. The minimum Gasteiger partial charge on any atom is -0.392 e. The van der Waals surface area contributed by atoms with Gasteiger partial charge in [-0.1, -0.05) is 0 Å². The molecule has 102 valence electrons. The third kappa shape index (κ3) is 2.49. The number of likely N-dealkylation sites (N-methyl/N-ethyl adjacent to an activating group) is 1. The summed E-state index contributed by atoms with van der Waals surface area (Å²) in [7, 11) is 2.11. The van der Waals surface area contributed by atoms with Gasteiger partial charge in [0, 0.05) is 36.4 Å². The number of hydrogen-bond donors (Lipinski definition) is 1. The van der Waals surface area contributed by atoms with Gasteiger partial charge in [0.1, 0.15) is 5.65 Å². The maximum absolute atomic E-state index is 9.42. The molecular weight excluding hydrogens is 242 g/mol. The van der Waals surface area contributed by atoms with E-state index in [1.165, 1.54) is 0 Å². The van der Waals surface area contributed by atoms with Crippen LogP contribution in [-0.4, -0.2) is 52.4 Å². The van der Waals surface area contributed by atoms with Crippen LogP contribution in [-0.2, 0) is 17.9 Å². The molecule has 0 aliphatic carbocycles. The highest BCUT2D eigenvalue weighted by Gasteiger charge is 2.19. The largest absolute Gasteiger partial charge is 0.392 e. The van der Waals surface area contributed by atoms with Crippen molar-refractivity contribution >= 4 is 11.0 Å². The van der Waals surface area contributed by atoms with Crippen molar-refractivity contribution in [2.75, 3.05) is 26.7 Å². The fourth-order valence-corrected chi connectivity index (χ4v) is 2.66. The molecule has 0 spiro atoms. The highest BCUT2D eigenvalue weighted by Crippen LogP contribution is 2.20. The van der Waals surface area contributed by atoms with Crippen LogP contribution >= 0.6 is 0 Å². The Kier molecular flexibility index (Phi) is 3.50. The first-order chi connectivity index (χ1) is 9.28. The molecule has 2 aromatic heterocycles. The number of morpholine rings is 1. The van der Waals surface area contributed by atoms with Crippen LogP contribution in [0.2, 0.25) is 0 Å². The molecule has 5 nitrogen and oxygen atoms in total. The number of hydrogen-bond acceptors (Lipinski definition) is 4. The molecule has 3 rings (SSSR count). The van der Waals surface area contributed by atoms with Gasteiger partial charge in [0.2, 0.25) is 0 Å².